The second-order valence-electron chi connectivity index (χ2n) is 5.83. The first kappa shape index (κ1) is 10.6. The molecule has 3 aliphatic rings. The Labute approximate surface area is 96.8 Å². The predicted molar refractivity (Wildman–Crippen MR) is 61.2 cm³/mol. The van der Waals surface area contributed by atoms with Crippen molar-refractivity contribution < 1.29 is 9.90 Å². The van der Waals surface area contributed by atoms with Crippen LogP contribution in [0.15, 0.2) is 0 Å². The molecule has 0 aromatic carbocycles. The summed E-state index contributed by atoms with van der Waals surface area (Å²) in [6, 6.07) is 1.07. The predicted octanol–water partition coefficient (Wildman–Crippen LogP) is 2.11. The Bertz CT molecular complexity index is 292. The monoisotopic (exact) mass is 223 g/mol. The first-order valence-corrected chi connectivity index (χ1v) is 6.74. The van der Waals surface area contributed by atoms with Crippen LogP contribution in [0.25, 0.3) is 0 Å². The van der Waals surface area contributed by atoms with Gasteiger partial charge in [0.1, 0.15) is 0 Å². The van der Waals surface area contributed by atoms with Crippen molar-refractivity contribution in [2.75, 3.05) is 6.54 Å². The molecule has 1 N–H and O–H groups in total. The van der Waals surface area contributed by atoms with E-state index in [0.29, 0.717) is 6.04 Å². The molecule has 0 radical (unpaired) electrons. The minimum Gasteiger partial charge on any atom is -0.481 e. The molecule has 0 aromatic heterocycles. The van der Waals surface area contributed by atoms with Crippen LogP contribution in [0, 0.1) is 11.8 Å². The highest BCUT2D eigenvalue weighted by atomic mass is 16.4. The van der Waals surface area contributed by atoms with E-state index in [0.717, 1.165) is 31.2 Å². The van der Waals surface area contributed by atoms with Crippen molar-refractivity contribution in [1.29, 1.82) is 0 Å². The van der Waals surface area contributed by atoms with Gasteiger partial charge in [0.25, 0.3) is 0 Å². The molecule has 4 atom stereocenters. The third-order valence-corrected chi connectivity index (χ3v) is 4.92. The highest BCUT2D eigenvalue weighted by molar-refractivity contribution is 5.71. The quantitative estimate of drug-likeness (QED) is 0.779. The van der Waals surface area contributed by atoms with Crippen molar-refractivity contribution in [3.8, 4) is 0 Å². The molecule has 0 aromatic rings. The van der Waals surface area contributed by atoms with Crippen LogP contribution in [0.3, 0.4) is 0 Å². The van der Waals surface area contributed by atoms with E-state index in [1.807, 2.05) is 0 Å². The zero-order valence-corrected chi connectivity index (χ0v) is 9.77. The van der Waals surface area contributed by atoms with Crippen LogP contribution >= 0.6 is 0 Å². The second kappa shape index (κ2) is 4.02. The Hall–Kier alpha value is -0.570. The molecule has 4 unspecified atom stereocenters. The maximum absolute atomic E-state index is 11.3. The summed E-state index contributed by atoms with van der Waals surface area (Å²) < 4.78 is 0. The van der Waals surface area contributed by atoms with E-state index in [-0.39, 0.29) is 5.92 Å². The lowest BCUT2D eigenvalue weighted by Gasteiger charge is -2.40. The SMILES string of the molecule is O=C(O)C1CCCCC1N1CC2CCC1C2. The number of fused-ring (bicyclic) bond motifs is 2. The number of carboxylic acids is 1. The van der Waals surface area contributed by atoms with E-state index >= 15 is 0 Å². The maximum atomic E-state index is 11.3. The number of nitrogens with zero attached hydrogens (tertiary/aromatic N) is 1. The van der Waals surface area contributed by atoms with Crippen molar-refractivity contribution in [2.24, 2.45) is 11.8 Å². The number of hydrogen-bond acceptors (Lipinski definition) is 2. The van der Waals surface area contributed by atoms with E-state index < -0.39 is 5.97 Å². The highest BCUT2D eigenvalue weighted by Crippen LogP contribution is 2.42. The number of carboxylic acid groups (broad SMARTS) is 1. The summed E-state index contributed by atoms with van der Waals surface area (Å²) >= 11 is 0. The number of likely N-dealkylation sites (tertiary alicyclic amines) is 1. The largest absolute Gasteiger partial charge is 0.481 e. The Morgan fingerprint density at radius 2 is 1.94 bits per heavy atom. The van der Waals surface area contributed by atoms with Gasteiger partial charge in [-0.15, -0.1) is 0 Å². The highest BCUT2D eigenvalue weighted by Gasteiger charge is 2.45. The summed E-state index contributed by atoms with van der Waals surface area (Å²) in [6.07, 6.45) is 8.37. The summed E-state index contributed by atoms with van der Waals surface area (Å²) in [5.74, 6) is 0.224. The van der Waals surface area contributed by atoms with Gasteiger partial charge in [0, 0.05) is 18.6 Å². The number of carbonyl (C=O) groups is 1. The lowest BCUT2D eigenvalue weighted by molar-refractivity contribution is -0.146. The Morgan fingerprint density at radius 1 is 1.12 bits per heavy atom. The first-order chi connectivity index (χ1) is 7.75. The van der Waals surface area contributed by atoms with Crippen LogP contribution < -0.4 is 0 Å². The van der Waals surface area contributed by atoms with Gasteiger partial charge in [0.2, 0.25) is 0 Å². The lowest BCUT2D eigenvalue weighted by atomic mass is 9.83. The molecule has 3 nitrogen and oxygen atoms in total. The summed E-state index contributed by atoms with van der Waals surface area (Å²) in [5, 5.41) is 9.31. The van der Waals surface area contributed by atoms with Gasteiger partial charge in [-0.2, -0.15) is 0 Å². The fourth-order valence-electron chi connectivity index (χ4n) is 4.17. The molecule has 1 saturated heterocycles. The summed E-state index contributed by atoms with van der Waals surface area (Å²) in [6.45, 7) is 1.18. The standard InChI is InChI=1S/C13H21NO2/c15-13(16)11-3-1-2-4-12(11)14-8-9-5-6-10(14)7-9/h9-12H,1-8H2,(H,15,16). The maximum Gasteiger partial charge on any atom is 0.308 e. The number of rotatable bonds is 2. The van der Waals surface area contributed by atoms with Gasteiger partial charge in [0.05, 0.1) is 5.92 Å². The van der Waals surface area contributed by atoms with Gasteiger partial charge in [0.15, 0.2) is 0 Å². The smallest absolute Gasteiger partial charge is 0.308 e. The van der Waals surface area contributed by atoms with Gasteiger partial charge >= 0.3 is 5.97 Å². The van der Waals surface area contributed by atoms with Crippen LogP contribution in [0.2, 0.25) is 0 Å². The van der Waals surface area contributed by atoms with Crippen LogP contribution in [0.5, 0.6) is 0 Å². The van der Waals surface area contributed by atoms with E-state index in [1.165, 1.54) is 32.2 Å². The van der Waals surface area contributed by atoms with Gasteiger partial charge in [-0.3, -0.25) is 9.69 Å². The van der Waals surface area contributed by atoms with Gasteiger partial charge in [-0.05, 0) is 38.0 Å². The Balaban J connectivity index is 1.74. The normalized spacial score (nSPS) is 43.8. The number of piperidine rings is 1. The Kier molecular flexibility index (Phi) is 2.66. The van der Waals surface area contributed by atoms with Crippen molar-refractivity contribution in [3.63, 3.8) is 0 Å². The fourth-order valence-corrected chi connectivity index (χ4v) is 4.17. The van der Waals surface area contributed by atoms with Crippen LogP contribution in [0.1, 0.15) is 44.9 Å². The molecular weight excluding hydrogens is 202 g/mol. The van der Waals surface area contributed by atoms with Crippen molar-refractivity contribution in [1.82, 2.24) is 4.90 Å². The van der Waals surface area contributed by atoms with E-state index in [2.05, 4.69) is 4.90 Å². The van der Waals surface area contributed by atoms with Crippen molar-refractivity contribution >= 4 is 5.97 Å². The summed E-state index contributed by atoms with van der Waals surface area (Å²) in [4.78, 5) is 13.8. The van der Waals surface area contributed by atoms with Crippen molar-refractivity contribution in [2.45, 2.75) is 57.0 Å². The molecule has 0 spiro atoms. The molecule has 16 heavy (non-hydrogen) atoms. The van der Waals surface area contributed by atoms with E-state index in [4.69, 9.17) is 0 Å². The minimum atomic E-state index is -0.563. The average molecular weight is 223 g/mol. The molecule has 1 aliphatic heterocycles. The van der Waals surface area contributed by atoms with E-state index in [9.17, 15) is 9.90 Å². The van der Waals surface area contributed by atoms with Crippen LogP contribution in [0.4, 0.5) is 0 Å². The molecule has 2 aliphatic carbocycles. The van der Waals surface area contributed by atoms with E-state index in [1.54, 1.807) is 0 Å². The molecular formula is C13H21NO2. The molecule has 90 valence electrons. The first-order valence-electron chi connectivity index (χ1n) is 6.74. The van der Waals surface area contributed by atoms with Crippen LogP contribution in [-0.4, -0.2) is 34.6 Å². The molecule has 3 heteroatoms. The molecule has 0 amide bonds. The van der Waals surface area contributed by atoms with Gasteiger partial charge in [-0.1, -0.05) is 12.8 Å². The molecule has 3 rings (SSSR count). The van der Waals surface area contributed by atoms with Crippen molar-refractivity contribution in [3.05, 3.63) is 0 Å². The summed E-state index contributed by atoms with van der Waals surface area (Å²) in [7, 11) is 0. The lowest BCUT2D eigenvalue weighted by Crippen LogP contribution is -2.48. The number of aliphatic carboxylic acids is 1. The molecule has 1 heterocycles. The van der Waals surface area contributed by atoms with Gasteiger partial charge < -0.3 is 5.11 Å². The second-order valence-corrected chi connectivity index (χ2v) is 5.83. The Morgan fingerprint density at radius 3 is 2.56 bits per heavy atom. The molecule has 3 fully saturated rings. The molecule has 2 saturated carbocycles. The zero-order valence-electron chi connectivity index (χ0n) is 9.77. The molecule has 2 bridgehead atoms. The third-order valence-electron chi connectivity index (χ3n) is 4.92. The van der Waals surface area contributed by atoms with Crippen LogP contribution in [-0.2, 0) is 4.79 Å². The fraction of sp³-hybridized carbons (Fsp3) is 0.923. The zero-order chi connectivity index (χ0) is 11.1. The number of hydrogen-bond donors (Lipinski definition) is 1. The third kappa shape index (κ3) is 1.65. The minimum absolute atomic E-state index is 0.0897. The summed E-state index contributed by atoms with van der Waals surface area (Å²) in [5.41, 5.74) is 0. The topological polar surface area (TPSA) is 40.5 Å². The average Bonchev–Trinajstić information content (AvgIpc) is 2.90. The van der Waals surface area contributed by atoms with Gasteiger partial charge in [-0.25, -0.2) is 0 Å².